The van der Waals surface area contributed by atoms with Crippen LogP contribution in [-0.2, 0) is 11.3 Å². The summed E-state index contributed by atoms with van der Waals surface area (Å²) in [5, 5.41) is 6.82. The molecule has 1 saturated heterocycles. The molecule has 1 atom stereocenters. The molecule has 0 aliphatic carbocycles. The van der Waals surface area contributed by atoms with Gasteiger partial charge < -0.3 is 19.2 Å². The number of carbonyl (C=O) groups is 1. The Morgan fingerprint density at radius 2 is 2.21 bits per heavy atom. The van der Waals surface area contributed by atoms with Gasteiger partial charge in [-0.25, -0.2) is 9.97 Å². The molecule has 0 aromatic carbocycles. The van der Waals surface area contributed by atoms with Crippen LogP contribution in [0.2, 0.25) is 0 Å². The Morgan fingerprint density at radius 1 is 1.32 bits per heavy atom. The van der Waals surface area contributed by atoms with Crippen molar-refractivity contribution >= 4 is 11.7 Å². The molecule has 9 heteroatoms. The molecular formula is C19H22N6O3. The van der Waals surface area contributed by atoms with Gasteiger partial charge in [0.2, 0.25) is 5.91 Å². The average molecular weight is 382 g/mol. The minimum Gasteiger partial charge on any atom is -0.467 e. The summed E-state index contributed by atoms with van der Waals surface area (Å²) in [5.41, 5.74) is 0.683. The van der Waals surface area contributed by atoms with E-state index in [1.54, 1.807) is 19.4 Å². The number of rotatable bonds is 5. The van der Waals surface area contributed by atoms with E-state index in [9.17, 15) is 4.79 Å². The highest BCUT2D eigenvalue weighted by molar-refractivity contribution is 5.80. The van der Waals surface area contributed by atoms with Gasteiger partial charge in [-0.1, -0.05) is 5.16 Å². The summed E-state index contributed by atoms with van der Waals surface area (Å²) in [6.45, 7) is 5.37. The van der Waals surface area contributed by atoms with Gasteiger partial charge in [0.15, 0.2) is 5.82 Å². The summed E-state index contributed by atoms with van der Waals surface area (Å²) < 4.78 is 10.6. The maximum absolute atomic E-state index is 12.6. The molecule has 4 heterocycles. The van der Waals surface area contributed by atoms with Crippen LogP contribution in [-0.4, -0.2) is 39.1 Å². The van der Waals surface area contributed by atoms with Crippen molar-refractivity contribution in [1.82, 2.24) is 25.4 Å². The van der Waals surface area contributed by atoms with E-state index in [0.717, 1.165) is 31.0 Å². The molecule has 9 nitrogen and oxygen atoms in total. The maximum atomic E-state index is 12.6. The standard InChI is InChI=1S/C19H22N6O3/c1-12-20-10-16(19-23-13(2)24-28-19)17(22-12)25-7-3-5-14(11-25)18(26)21-9-15-6-4-8-27-15/h4,6,8,10,14H,3,5,7,9,11H2,1-2H3,(H,21,26). The van der Waals surface area contributed by atoms with Gasteiger partial charge in [0, 0.05) is 19.3 Å². The lowest BCUT2D eigenvalue weighted by molar-refractivity contribution is -0.125. The molecule has 3 aromatic heterocycles. The first-order valence-corrected chi connectivity index (χ1v) is 9.29. The van der Waals surface area contributed by atoms with Crippen LogP contribution in [0.4, 0.5) is 5.82 Å². The minimum absolute atomic E-state index is 0.0158. The first-order valence-electron chi connectivity index (χ1n) is 9.29. The van der Waals surface area contributed by atoms with E-state index in [0.29, 0.717) is 36.2 Å². The molecule has 28 heavy (non-hydrogen) atoms. The van der Waals surface area contributed by atoms with Crippen LogP contribution in [0.25, 0.3) is 11.5 Å². The highest BCUT2D eigenvalue weighted by atomic mass is 16.5. The van der Waals surface area contributed by atoms with Crippen molar-refractivity contribution in [3.8, 4) is 11.5 Å². The molecule has 1 unspecified atom stereocenters. The van der Waals surface area contributed by atoms with Gasteiger partial charge in [-0.2, -0.15) is 4.98 Å². The van der Waals surface area contributed by atoms with Crippen molar-refractivity contribution < 1.29 is 13.7 Å². The Balaban J connectivity index is 1.51. The van der Waals surface area contributed by atoms with Crippen LogP contribution in [0.5, 0.6) is 0 Å². The quantitative estimate of drug-likeness (QED) is 0.715. The normalized spacial score (nSPS) is 16.9. The van der Waals surface area contributed by atoms with Gasteiger partial charge in [-0.05, 0) is 38.8 Å². The largest absolute Gasteiger partial charge is 0.467 e. The highest BCUT2D eigenvalue weighted by Gasteiger charge is 2.29. The summed E-state index contributed by atoms with van der Waals surface area (Å²) >= 11 is 0. The monoisotopic (exact) mass is 382 g/mol. The molecule has 0 bridgehead atoms. The average Bonchev–Trinajstić information content (AvgIpc) is 3.38. The van der Waals surface area contributed by atoms with E-state index in [1.807, 2.05) is 19.1 Å². The number of carbonyl (C=O) groups excluding carboxylic acids is 1. The third-order valence-electron chi connectivity index (χ3n) is 4.76. The fourth-order valence-corrected chi connectivity index (χ4v) is 3.37. The SMILES string of the molecule is Cc1noc(-c2cnc(C)nc2N2CCCC(C(=O)NCc3ccco3)C2)n1. The third kappa shape index (κ3) is 3.88. The third-order valence-corrected chi connectivity index (χ3v) is 4.76. The number of aryl methyl sites for hydroxylation is 2. The van der Waals surface area contributed by atoms with Crippen molar-refractivity contribution in [2.24, 2.45) is 5.92 Å². The van der Waals surface area contributed by atoms with Crippen LogP contribution in [0, 0.1) is 19.8 Å². The van der Waals surface area contributed by atoms with Crippen molar-refractivity contribution in [3.05, 3.63) is 42.0 Å². The number of anilines is 1. The molecule has 1 N–H and O–H groups in total. The summed E-state index contributed by atoms with van der Waals surface area (Å²) in [4.78, 5) is 27.9. The second-order valence-corrected chi connectivity index (χ2v) is 6.88. The summed E-state index contributed by atoms with van der Waals surface area (Å²) in [6.07, 6.45) is 5.02. The van der Waals surface area contributed by atoms with Crippen molar-refractivity contribution in [2.45, 2.75) is 33.2 Å². The van der Waals surface area contributed by atoms with Gasteiger partial charge in [-0.15, -0.1) is 0 Å². The predicted octanol–water partition coefficient (Wildman–Crippen LogP) is 2.27. The molecule has 1 aliphatic heterocycles. The molecule has 1 aliphatic rings. The lowest BCUT2D eigenvalue weighted by Crippen LogP contribution is -2.43. The number of amides is 1. The molecule has 0 saturated carbocycles. The van der Waals surface area contributed by atoms with Gasteiger partial charge >= 0.3 is 0 Å². The Bertz CT molecular complexity index is 952. The molecule has 146 valence electrons. The molecule has 1 amide bonds. The lowest BCUT2D eigenvalue weighted by atomic mass is 9.96. The highest BCUT2D eigenvalue weighted by Crippen LogP contribution is 2.30. The number of hydrogen-bond acceptors (Lipinski definition) is 8. The molecule has 1 fully saturated rings. The van der Waals surface area contributed by atoms with Crippen molar-refractivity contribution in [3.63, 3.8) is 0 Å². The van der Waals surface area contributed by atoms with Crippen molar-refractivity contribution in [1.29, 1.82) is 0 Å². The predicted molar refractivity (Wildman–Crippen MR) is 100 cm³/mol. The van der Waals surface area contributed by atoms with Crippen molar-refractivity contribution in [2.75, 3.05) is 18.0 Å². The number of nitrogens with one attached hydrogen (secondary N) is 1. The topological polar surface area (TPSA) is 110 Å². The van der Waals surface area contributed by atoms with Crippen LogP contribution in [0.1, 0.15) is 30.3 Å². The first-order chi connectivity index (χ1) is 13.6. The summed E-state index contributed by atoms with van der Waals surface area (Å²) in [5.74, 6) is 2.94. The Labute approximate surface area is 162 Å². The second kappa shape index (κ2) is 7.79. The smallest absolute Gasteiger partial charge is 0.263 e. The zero-order valence-electron chi connectivity index (χ0n) is 15.9. The Hall–Kier alpha value is -3.23. The Kier molecular flexibility index (Phi) is 5.05. The van der Waals surface area contributed by atoms with Gasteiger partial charge in [0.25, 0.3) is 5.89 Å². The van der Waals surface area contributed by atoms with Gasteiger partial charge in [0.05, 0.1) is 18.7 Å². The number of furan rings is 1. The Morgan fingerprint density at radius 3 is 2.96 bits per heavy atom. The number of nitrogens with zero attached hydrogens (tertiary/aromatic N) is 5. The van der Waals surface area contributed by atoms with E-state index in [2.05, 4.69) is 30.3 Å². The number of aromatic nitrogens is 4. The fraction of sp³-hybridized carbons (Fsp3) is 0.421. The van der Waals surface area contributed by atoms with Gasteiger partial charge in [-0.3, -0.25) is 4.79 Å². The summed E-state index contributed by atoms with van der Waals surface area (Å²) in [7, 11) is 0. The van der Waals surface area contributed by atoms with Crippen LogP contribution >= 0.6 is 0 Å². The lowest BCUT2D eigenvalue weighted by Gasteiger charge is -2.33. The van der Waals surface area contributed by atoms with E-state index in [4.69, 9.17) is 8.94 Å². The maximum Gasteiger partial charge on any atom is 0.263 e. The zero-order chi connectivity index (χ0) is 19.5. The minimum atomic E-state index is -0.128. The zero-order valence-corrected chi connectivity index (χ0v) is 15.9. The number of piperidine rings is 1. The van der Waals surface area contributed by atoms with Crippen LogP contribution in [0.3, 0.4) is 0 Å². The molecule has 3 aromatic rings. The molecule has 0 spiro atoms. The first kappa shape index (κ1) is 18.1. The van der Waals surface area contributed by atoms with E-state index >= 15 is 0 Å². The molecule has 0 radical (unpaired) electrons. The fourth-order valence-electron chi connectivity index (χ4n) is 3.37. The van der Waals surface area contributed by atoms with Crippen LogP contribution in [0.15, 0.2) is 33.5 Å². The van der Waals surface area contributed by atoms with Gasteiger partial charge in [0.1, 0.15) is 23.0 Å². The number of hydrogen-bond donors (Lipinski definition) is 1. The van der Waals surface area contributed by atoms with E-state index in [-0.39, 0.29) is 11.8 Å². The second-order valence-electron chi connectivity index (χ2n) is 6.88. The summed E-state index contributed by atoms with van der Waals surface area (Å²) in [6, 6.07) is 3.65. The van der Waals surface area contributed by atoms with E-state index < -0.39 is 0 Å². The molecular weight excluding hydrogens is 360 g/mol. The van der Waals surface area contributed by atoms with E-state index in [1.165, 1.54) is 0 Å². The van der Waals surface area contributed by atoms with Crippen LogP contribution < -0.4 is 10.2 Å². The molecule has 4 rings (SSSR count).